The Morgan fingerprint density at radius 2 is 2.05 bits per heavy atom. The molecule has 1 aromatic carbocycles. The van der Waals surface area contributed by atoms with E-state index in [-0.39, 0.29) is 5.89 Å². The predicted octanol–water partition coefficient (Wildman–Crippen LogP) is 3.77. The summed E-state index contributed by atoms with van der Waals surface area (Å²) in [7, 11) is 1.32. The average molecular weight is 338 g/mol. The number of hydrogen-bond donors (Lipinski definition) is 0. The molecule has 0 bridgehead atoms. The number of oxazole rings is 1. The van der Waals surface area contributed by atoms with Crippen LogP contribution in [0.2, 0.25) is 0 Å². The number of ether oxygens (including phenoxy) is 1. The standard InChI is InChI=1S/C15H16BrNO3/c1-3-4-13-12(17-14(20-13)15(18)19-2)9-10-5-7-11(16)8-6-10/h5-8H,3-4,9H2,1-2H3. The molecule has 0 saturated carbocycles. The fourth-order valence-electron chi connectivity index (χ4n) is 1.91. The van der Waals surface area contributed by atoms with Crippen molar-refractivity contribution in [3.05, 3.63) is 51.6 Å². The minimum Gasteiger partial charge on any atom is -0.462 e. The van der Waals surface area contributed by atoms with Crippen molar-refractivity contribution in [2.24, 2.45) is 0 Å². The lowest BCUT2D eigenvalue weighted by atomic mass is 10.1. The maximum Gasteiger partial charge on any atom is 0.394 e. The monoisotopic (exact) mass is 337 g/mol. The van der Waals surface area contributed by atoms with Crippen LogP contribution in [-0.2, 0) is 17.6 Å². The Kier molecular flexibility index (Phi) is 4.95. The van der Waals surface area contributed by atoms with Crippen molar-refractivity contribution in [1.82, 2.24) is 4.98 Å². The van der Waals surface area contributed by atoms with Gasteiger partial charge in [-0.25, -0.2) is 9.78 Å². The van der Waals surface area contributed by atoms with E-state index >= 15 is 0 Å². The molecule has 1 heterocycles. The minimum atomic E-state index is -0.538. The van der Waals surface area contributed by atoms with Gasteiger partial charge < -0.3 is 9.15 Å². The summed E-state index contributed by atoms with van der Waals surface area (Å²) in [6.07, 6.45) is 2.34. The maximum atomic E-state index is 11.5. The van der Waals surface area contributed by atoms with E-state index in [1.807, 2.05) is 24.3 Å². The van der Waals surface area contributed by atoms with E-state index in [2.05, 4.69) is 32.6 Å². The normalized spacial score (nSPS) is 10.6. The van der Waals surface area contributed by atoms with Gasteiger partial charge >= 0.3 is 11.9 Å². The Hall–Kier alpha value is -1.62. The van der Waals surface area contributed by atoms with Gasteiger partial charge in [0.25, 0.3) is 0 Å². The lowest BCUT2D eigenvalue weighted by molar-refractivity contribution is 0.0554. The molecule has 5 heteroatoms. The molecular formula is C15H16BrNO3. The first-order valence-electron chi connectivity index (χ1n) is 6.45. The number of hydrogen-bond acceptors (Lipinski definition) is 4. The van der Waals surface area contributed by atoms with Gasteiger partial charge in [0.2, 0.25) is 0 Å². The van der Waals surface area contributed by atoms with Crippen LogP contribution in [0.25, 0.3) is 0 Å². The van der Waals surface area contributed by atoms with E-state index in [9.17, 15) is 4.79 Å². The number of methoxy groups -OCH3 is 1. The molecular weight excluding hydrogens is 322 g/mol. The Bertz CT molecular complexity index is 590. The third-order valence-electron chi connectivity index (χ3n) is 2.90. The Morgan fingerprint density at radius 3 is 2.65 bits per heavy atom. The highest BCUT2D eigenvalue weighted by molar-refractivity contribution is 9.10. The molecule has 0 aliphatic carbocycles. The second-order valence-corrected chi connectivity index (χ2v) is 5.35. The van der Waals surface area contributed by atoms with Gasteiger partial charge in [0.1, 0.15) is 5.76 Å². The van der Waals surface area contributed by atoms with Gasteiger partial charge in [-0.2, -0.15) is 0 Å². The van der Waals surface area contributed by atoms with Gasteiger partial charge in [-0.1, -0.05) is 35.0 Å². The zero-order chi connectivity index (χ0) is 14.5. The van der Waals surface area contributed by atoms with Crippen molar-refractivity contribution in [2.45, 2.75) is 26.2 Å². The van der Waals surface area contributed by atoms with E-state index in [4.69, 9.17) is 4.42 Å². The molecule has 0 saturated heterocycles. The van der Waals surface area contributed by atoms with Gasteiger partial charge in [0.05, 0.1) is 12.8 Å². The van der Waals surface area contributed by atoms with Gasteiger partial charge in [0, 0.05) is 17.3 Å². The van der Waals surface area contributed by atoms with Crippen LogP contribution < -0.4 is 0 Å². The summed E-state index contributed by atoms with van der Waals surface area (Å²) in [5.74, 6) is 0.253. The first kappa shape index (κ1) is 14.8. The molecule has 0 spiro atoms. The van der Waals surface area contributed by atoms with Gasteiger partial charge in [-0.05, 0) is 24.1 Å². The second-order valence-electron chi connectivity index (χ2n) is 4.43. The average Bonchev–Trinajstić information content (AvgIpc) is 2.84. The van der Waals surface area contributed by atoms with Gasteiger partial charge in [-0.3, -0.25) is 0 Å². The number of aryl methyl sites for hydroxylation is 1. The van der Waals surface area contributed by atoms with Crippen molar-refractivity contribution >= 4 is 21.9 Å². The maximum absolute atomic E-state index is 11.5. The summed E-state index contributed by atoms with van der Waals surface area (Å²) in [6, 6.07) is 8.00. The highest BCUT2D eigenvalue weighted by atomic mass is 79.9. The lowest BCUT2D eigenvalue weighted by Crippen LogP contribution is -2.01. The zero-order valence-corrected chi connectivity index (χ0v) is 13.1. The Morgan fingerprint density at radius 1 is 1.35 bits per heavy atom. The number of halogens is 1. The predicted molar refractivity (Wildman–Crippen MR) is 78.8 cm³/mol. The molecule has 0 N–H and O–H groups in total. The third kappa shape index (κ3) is 3.48. The quantitative estimate of drug-likeness (QED) is 0.779. The number of rotatable bonds is 5. The van der Waals surface area contributed by atoms with Crippen LogP contribution in [0.3, 0.4) is 0 Å². The topological polar surface area (TPSA) is 52.3 Å². The Balaban J connectivity index is 2.26. The number of carbonyl (C=O) groups excluding carboxylic acids is 1. The molecule has 0 fully saturated rings. The third-order valence-corrected chi connectivity index (χ3v) is 3.43. The summed E-state index contributed by atoms with van der Waals surface area (Å²) in [6.45, 7) is 2.06. The molecule has 4 nitrogen and oxygen atoms in total. The van der Waals surface area contributed by atoms with Crippen molar-refractivity contribution in [3.63, 3.8) is 0 Å². The molecule has 0 aliphatic rings. The molecule has 2 rings (SSSR count). The molecule has 1 aromatic heterocycles. The van der Waals surface area contributed by atoms with Crippen LogP contribution in [0.4, 0.5) is 0 Å². The van der Waals surface area contributed by atoms with Crippen LogP contribution >= 0.6 is 15.9 Å². The van der Waals surface area contributed by atoms with Crippen LogP contribution in [-0.4, -0.2) is 18.1 Å². The highest BCUT2D eigenvalue weighted by Gasteiger charge is 2.18. The highest BCUT2D eigenvalue weighted by Crippen LogP contribution is 2.19. The summed E-state index contributed by atoms with van der Waals surface area (Å²) in [5.41, 5.74) is 1.92. The van der Waals surface area contributed by atoms with E-state index < -0.39 is 5.97 Å². The second kappa shape index (κ2) is 6.70. The number of aromatic nitrogens is 1. The van der Waals surface area contributed by atoms with Crippen molar-refractivity contribution < 1.29 is 13.9 Å². The summed E-state index contributed by atoms with van der Waals surface area (Å²) in [4.78, 5) is 15.8. The molecule has 0 aliphatic heterocycles. The van der Waals surface area contributed by atoms with E-state index in [0.717, 1.165) is 34.3 Å². The lowest BCUT2D eigenvalue weighted by Gasteiger charge is -2.00. The molecule has 0 radical (unpaired) electrons. The van der Waals surface area contributed by atoms with E-state index in [0.29, 0.717) is 6.42 Å². The largest absolute Gasteiger partial charge is 0.462 e. The fraction of sp³-hybridized carbons (Fsp3) is 0.333. The van der Waals surface area contributed by atoms with Crippen LogP contribution in [0.1, 0.15) is 41.0 Å². The fourth-order valence-corrected chi connectivity index (χ4v) is 2.18. The smallest absolute Gasteiger partial charge is 0.394 e. The summed E-state index contributed by atoms with van der Waals surface area (Å²) < 4.78 is 11.2. The zero-order valence-electron chi connectivity index (χ0n) is 11.5. The summed E-state index contributed by atoms with van der Waals surface area (Å²) in [5, 5.41) is 0. The number of benzene rings is 1. The molecule has 0 unspecified atom stereocenters. The van der Waals surface area contributed by atoms with Crippen LogP contribution in [0.15, 0.2) is 33.2 Å². The summed E-state index contributed by atoms with van der Waals surface area (Å²) >= 11 is 3.41. The molecule has 0 atom stereocenters. The minimum absolute atomic E-state index is 0.0306. The molecule has 2 aromatic rings. The van der Waals surface area contributed by atoms with Crippen LogP contribution in [0, 0.1) is 0 Å². The van der Waals surface area contributed by atoms with E-state index in [1.54, 1.807) is 0 Å². The van der Waals surface area contributed by atoms with E-state index in [1.165, 1.54) is 7.11 Å². The molecule has 106 valence electrons. The number of nitrogens with zero attached hydrogens (tertiary/aromatic N) is 1. The van der Waals surface area contributed by atoms with Crippen molar-refractivity contribution in [3.8, 4) is 0 Å². The first-order valence-corrected chi connectivity index (χ1v) is 7.24. The first-order chi connectivity index (χ1) is 9.63. The van der Waals surface area contributed by atoms with Gasteiger partial charge in [-0.15, -0.1) is 0 Å². The number of carbonyl (C=O) groups is 1. The molecule has 0 amide bonds. The van der Waals surface area contributed by atoms with Gasteiger partial charge in [0.15, 0.2) is 0 Å². The molecule has 20 heavy (non-hydrogen) atoms. The SMILES string of the molecule is CCCc1oc(C(=O)OC)nc1Cc1ccc(Br)cc1. The van der Waals surface area contributed by atoms with Crippen molar-refractivity contribution in [1.29, 1.82) is 0 Å². The van der Waals surface area contributed by atoms with Crippen molar-refractivity contribution in [2.75, 3.05) is 7.11 Å². The number of esters is 1. The Labute approximate surface area is 126 Å². The van der Waals surface area contributed by atoms with Crippen LogP contribution in [0.5, 0.6) is 0 Å².